The number of likely N-dealkylation sites (N-methyl/N-ethyl adjacent to an activating group) is 1. The molecule has 0 heterocycles. The van der Waals surface area contributed by atoms with Gasteiger partial charge >= 0.3 is 0 Å². The lowest BCUT2D eigenvalue weighted by Crippen LogP contribution is -2.48. The van der Waals surface area contributed by atoms with E-state index < -0.39 is 16.1 Å². The summed E-state index contributed by atoms with van der Waals surface area (Å²) in [5, 5.41) is 2.66. The first-order valence-electron chi connectivity index (χ1n) is 11.6. The predicted octanol–water partition coefficient (Wildman–Crippen LogP) is 3.71. The Bertz CT molecular complexity index is 1090. The molecule has 0 saturated heterocycles. The number of anilines is 1. The Balaban J connectivity index is 2.23. The van der Waals surface area contributed by atoms with Gasteiger partial charge in [-0.1, -0.05) is 37.3 Å². The van der Waals surface area contributed by atoms with E-state index in [1.54, 1.807) is 11.9 Å². The van der Waals surface area contributed by atoms with Crippen LogP contribution in [0.25, 0.3) is 0 Å². The van der Waals surface area contributed by atoms with Crippen LogP contribution < -0.4 is 9.62 Å². The number of hydrogen-bond acceptors (Lipinski definition) is 4. The molecule has 2 aromatic carbocycles. The molecule has 186 valence electrons. The first-order valence-corrected chi connectivity index (χ1v) is 13.4. The molecule has 8 heteroatoms. The standard InChI is InChI=1S/C26H37N3O4S/c1-7-24(26(31)27-5)28(18-22-12-9-8-11-21(22)4)25(30)13-10-14-29(34(6,32)33)23-16-19(2)15-20(3)17-23/h8-9,11-12,15-17,24H,7,10,13-14,18H2,1-6H3,(H,27,31). The molecule has 7 nitrogen and oxygen atoms in total. The summed E-state index contributed by atoms with van der Waals surface area (Å²) in [6.07, 6.45) is 2.13. The topological polar surface area (TPSA) is 86.8 Å². The van der Waals surface area contributed by atoms with E-state index in [2.05, 4.69) is 5.32 Å². The summed E-state index contributed by atoms with van der Waals surface area (Å²) in [7, 11) is -1.95. The number of rotatable bonds is 11. The average molecular weight is 488 g/mol. The number of hydrogen-bond donors (Lipinski definition) is 1. The molecule has 2 aromatic rings. The van der Waals surface area contributed by atoms with Gasteiger partial charge in [-0.3, -0.25) is 13.9 Å². The van der Waals surface area contributed by atoms with Crippen LogP contribution in [0.2, 0.25) is 0 Å². The lowest BCUT2D eigenvalue weighted by molar-refractivity contribution is -0.141. The second-order valence-electron chi connectivity index (χ2n) is 8.77. The van der Waals surface area contributed by atoms with E-state index in [1.165, 1.54) is 10.6 Å². The fourth-order valence-corrected chi connectivity index (χ4v) is 5.10. The predicted molar refractivity (Wildman–Crippen MR) is 137 cm³/mol. The van der Waals surface area contributed by atoms with Gasteiger partial charge in [0.2, 0.25) is 21.8 Å². The van der Waals surface area contributed by atoms with E-state index in [4.69, 9.17) is 0 Å². The molecule has 2 amide bonds. The molecule has 1 unspecified atom stereocenters. The molecular formula is C26H37N3O4S. The molecule has 1 atom stereocenters. The molecule has 0 aromatic heterocycles. The Hall–Kier alpha value is -2.87. The molecular weight excluding hydrogens is 450 g/mol. The summed E-state index contributed by atoms with van der Waals surface area (Å²) >= 11 is 0. The van der Waals surface area contributed by atoms with Gasteiger partial charge in [0.05, 0.1) is 11.9 Å². The molecule has 2 rings (SSSR count). The van der Waals surface area contributed by atoms with Crippen LogP contribution >= 0.6 is 0 Å². The third-order valence-electron chi connectivity index (χ3n) is 5.88. The largest absolute Gasteiger partial charge is 0.357 e. The van der Waals surface area contributed by atoms with Gasteiger partial charge in [-0.05, 0) is 68.0 Å². The Morgan fingerprint density at radius 3 is 2.18 bits per heavy atom. The number of nitrogens with one attached hydrogen (secondary N) is 1. The van der Waals surface area contributed by atoms with Gasteiger partial charge in [0.15, 0.2) is 0 Å². The number of sulfonamides is 1. The minimum atomic E-state index is -3.52. The van der Waals surface area contributed by atoms with Gasteiger partial charge in [0, 0.05) is 26.6 Å². The molecule has 0 aliphatic heterocycles. The highest BCUT2D eigenvalue weighted by molar-refractivity contribution is 7.92. The zero-order valence-electron chi connectivity index (χ0n) is 21.1. The monoisotopic (exact) mass is 487 g/mol. The van der Waals surface area contributed by atoms with E-state index in [9.17, 15) is 18.0 Å². The van der Waals surface area contributed by atoms with Crippen molar-refractivity contribution in [3.8, 4) is 0 Å². The normalized spacial score (nSPS) is 12.2. The van der Waals surface area contributed by atoms with Gasteiger partial charge < -0.3 is 10.2 Å². The number of carbonyl (C=O) groups is 2. The summed E-state index contributed by atoms with van der Waals surface area (Å²) < 4.78 is 26.4. The van der Waals surface area contributed by atoms with Gasteiger partial charge in [-0.15, -0.1) is 0 Å². The van der Waals surface area contributed by atoms with Crippen LogP contribution in [0, 0.1) is 20.8 Å². The molecule has 0 bridgehead atoms. The van der Waals surface area contributed by atoms with E-state index >= 15 is 0 Å². The number of carbonyl (C=O) groups excluding carboxylic acids is 2. The third kappa shape index (κ3) is 7.32. The molecule has 1 N–H and O–H groups in total. The van der Waals surface area contributed by atoms with Gasteiger partial charge in [-0.2, -0.15) is 0 Å². The van der Waals surface area contributed by atoms with Crippen LogP contribution in [-0.2, 0) is 26.2 Å². The van der Waals surface area contributed by atoms with Crippen LogP contribution in [0.3, 0.4) is 0 Å². The van der Waals surface area contributed by atoms with Crippen LogP contribution in [0.4, 0.5) is 5.69 Å². The summed E-state index contributed by atoms with van der Waals surface area (Å²) in [6.45, 7) is 8.21. The van der Waals surface area contributed by atoms with Crippen molar-refractivity contribution in [2.75, 3.05) is 24.2 Å². The van der Waals surface area contributed by atoms with Gasteiger partial charge in [0.25, 0.3) is 0 Å². The van der Waals surface area contributed by atoms with Gasteiger partial charge in [-0.25, -0.2) is 8.42 Å². The van der Waals surface area contributed by atoms with Crippen molar-refractivity contribution in [3.63, 3.8) is 0 Å². The Labute approximate surface area is 204 Å². The third-order valence-corrected chi connectivity index (χ3v) is 7.07. The molecule has 0 aliphatic rings. The number of aryl methyl sites for hydroxylation is 3. The smallest absolute Gasteiger partial charge is 0.242 e. The molecule has 34 heavy (non-hydrogen) atoms. The lowest BCUT2D eigenvalue weighted by Gasteiger charge is -2.31. The zero-order chi connectivity index (χ0) is 25.5. The highest BCUT2D eigenvalue weighted by Gasteiger charge is 2.28. The highest BCUT2D eigenvalue weighted by Crippen LogP contribution is 2.23. The van der Waals surface area contributed by atoms with Crippen molar-refractivity contribution in [1.29, 1.82) is 0 Å². The number of benzene rings is 2. The summed E-state index contributed by atoms with van der Waals surface area (Å²) in [5.41, 5.74) is 4.57. The van der Waals surface area contributed by atoms with Crippen LogP contribution in [-0.4, -0.2) is 51.0 Å². The van der Waals surface area contributed by atoms with Crippen molar-refractivity contribution < 1.29 is 18.0 Å². The van der Waals surface area contributed by atoms with Crippen molar-refractivity contribution in [3.05, 3.63) is 64.7 Å². The quantitative estimate of drug-likeness (QED) is 0.523. The van der Waals surface area contributed by atoms with Crippen LogP contribution in [0.15, 0.2) is 42.5 Å². The van der Waals surface area contributed by atoms with E-state index in [-0.39, 0.29) is 24.8 Å². The number of amides is 2. The SMILES string of the molecule is CCC(C(=O)NC)N(Cc1ccccc1C)C(=O)CCCN(c1cc(C)cc(C)c1)S(C)(=O)=O. The maximum absolute atomic E-state index is 13.3. The Morgan fingerprint density at radius 2 is 1.65 bits per heavy atom. The second-order valence-corrected chi connectivity index (χ2v) is 10.7. The average Bonchev–Trinajstić information content (AvgIpc) is 2.75. The van der Waals surface area contributed by atoms with Crippen molar-refractivity contribution in [2.45, 2.75) is 59.5 Å². The molecule has 0 fully saturated rings. The van der Waals surface area contributed by atoms with Crippen LogP contribution in [0.5, 0.6) is 0 Å². The molecule has 0 aliphatic carbocycles. The molecule has 0 spiro atoms. The van der Waals surface area contributed by atoms with Crippen LogP contribution in [0.1, 0.15) is 48.4 Å². The minimum Gasteiger partial charge on any atom is -0.357 e. The first-order chi connectivity index (χ1) is 16.0. The fraction of sp³-hybridized carbons (Fsp3) is 0.462. The Morgan fingerprint density at radius 1 is 1.03 bits per heavy atom. The van der Waals surface area contributed by atoms with E-state index in [0.717, 1.165) is 22.3 Å². The van der Waals surface area contributed by atoms with Crippen molar-refractivity contribution in [2.24, 2.45) is 0 Å². The first kappa shape index (κ1) is 27.4. The summed E-state index contributed by atoms with van der Waals surface area (Å²) in [6, 6.07) is 12.8. The molecule has 0 saturated carbocycles. The van der Waals surface area contributed by atoms with E-state index in [0.29, 0.717) is 25.1 Å². The van der Waals surface area contributed by atoms with E-state index in [1.807, 2.05) is 70.2 Å². The Kier molecular flexibility index (Phi) is 9.67. The lowest BCUT2D eigenvalue weighted by atomic mass is 10.1. The summed E-state index contributed by atoms with van der Waals surface area (Å²) in [5.74, 6) is -0.384. The second kappa shape index (κ2) is 12.0. The van der Waals surface area contributed by atoms with Gasteiger partial charge in [0.1, 0.15) is 6.04 Å². The maximum Gasteiger partial charge on any atom is 0.242 e. The van der Waals surface area contributed by atoms with Crippen molar-refractivity contribution in [1.82, 2.24) is 10.2 Å². The summed E-state index contributed by atoms with van der Waals surface area (Å²) in [4.78, 5) is 27.5. The number of nitrogens with zero attached hydrogens (tertiary/aromatic N) is 2. The van der Waals surface area contributed by atoms with Crippen molar-refractivity contribution >= 4 is 27.5 Å². The minimum absolute atomic E-state index is 0.135. The highest BCUT2D eigenvalue weighted by atomic mass is 32.2. The fourth-order valence-electron chi connectivity index (χ4n) is 4.16. The maximum atomic E-state index is 13.3. The zero-order valence-corrected chi connectivity index (χ0v) is 21.9. The molecule has 0 radical (unpaired) electrons.